The molecule has 1 aliphatic heterocycles. The highest BCUT2D eigenvalue weighted by molar-refractivity contribution is 7.15. The summed E-state index contributed by atoms with van der Waals surface area (Å²) in [4.78, 5) is 8.45. The Labute approximate surface area is 89.1 Å². The van der Waals surface area contributed by atoms with E-state index in [0.717, 1.165) is 32.6 Å². The zero-order valence-corrected chi connectivity index (χ0v) is 9.65. The van der Waals surface area contributed by atoms with Gasteiger partial charge in [0.05, 0.1) is 5.69 Å². The van der Waals surface area contributed by atoms with Crippen LogP contribution in [-0.2, 0) is 13.0 Å². The Kier molecular flexibility index (Phi) is 3.03. The molecule has 3 nitrogen and oxygen atoms in total. The quantitative estimate of drug-likeness (QED) is 0.823. The molecule has 0 atom stereocenters. The molecule has 2 rings (SSSR count). The minimum atomic E-state index is 1.01. The van der Waals surface area contributed by atoms with Crippen molar-refractivity contribution in [1.29, 1.82) is 0 Å². The number of anilines is 1. The van der Waals surface area contributed by atoms with Crippen molar-refractivity contribution in [2.45, 2.75) is 26.8 Å². The average Bonchev–Trinajstić information content (AvgIpc) is 2.63. The first-order valence-electron chi connectivity index (χ1n) is 5.29. The van der Waals surface area contributed by atoms with Crippen LogP contribution in [0.5, 0.6) is 0 Å². The van der Waals surface area contributed by atoms with Crippen LogP contribution < -0.4 is 10.2 Å². The summed E-state index contributed by atoms with van der Waals surface area (Å²) >= 11 is 1.84. The van der Waals surface area contributed by atoms with Crippen LogP contribution in [0, 0.1) is 0 Å². The normalized spacial score (nSPS) is 15.3. The van der Waals surface area contributed by atoms with Gasteiger partial charge in [-0.2, -0.15) is 0 Å². The molecule has 14 heavy (non-hydrogen) atoms. The van der Waals surface area contributed by atoms with Crippen LogP contribution >= 0.6 is 11.3 Å². The van der Waals surface area contributed by atoms with Crippen LogP contribution in [0.2, 0.25) is 0 Å². The molecule has 1 N–H and O–H groups in total. The van der Waals surface area contributed by atoms with Crippen LogP contribution in [0.15, 0.2) is 0 Å². The van der Waals surface area contributed by atoms with E-state index in [1.165, 1.54) is 15.7 Å². The lowest BCUT2D eigenvalue weighted by Gasteiger charge is -2.16. The molecule has 0 fully saturated rings. The fraction of sp³-hybridized carbons (Fsp3) is 0.700. The summed E-state index contributed by atoms with van der Waals surface area (Å²) in [6.07, 6.45) is 1.09. The first kappa shape index (κ1) is 9.93. The van der Waals surface area contributed by atoms with E-state index in [2.05, 4.69) is 24.1 Å². The van der Waals surface area contributed by atoms with E-state index in [9.17, 15) is 0 Å². The molecule has 0 aromatic carbocycles. The molecule has 0 saturated heterocycles. The van der Waals surface area contributed by atoms with E-state index in [1.54, 1.807) is 0 Å². The Balaban J connectivity index is 2.22. The molecule has 0 unspecified atom stereocenters. The molecule has 2 heterocycles. The molecule has 0 spiro atoms. The predicted octanol–water partition coefficient (Wildman–Crippen LogP) is 1.64. The molecule has 1 aromatic rings. The van der Waals surface area contributed by atoms with Gasteiger partial charge >= 0.3 is 0 Å². The highest BCUT2D eigenvalue weighted by atomic mass is 32.1. The van der Waals surface area contributed by atoms with Gasteiger partial charge in [0, 0.05) is 37.5 Å². The fourth-order valence-corrected chi connectivity index (χ4v) is 2.94. The van der Waals surface area contributed by atoms with Crippen molar-refractivity contribution < 1.29 is 0 Å². The van der Waals surface area contributed by atoms with Crippen LogP contribution in [0.25, 0.3) is 0 Å². The SMILES string of the molecule is CCN(CC)c1nc2c(s1)CNCC2. The largest absolute Gasteiger partial charge is 0.349 e. The van der Waals surface area contributed by atoms with Crippen molar-refractivity contribution in [3.05, 3.63) is 10.6 Å². The zero-order valence-electron chi connectivity index (χ0n) is 8.84. The summed E-state index contributed by atoms with van der Waals surface area (Å²) in [7, 11) is 0. The van der Waals surface area contributed by atoms with Crippen molar-refractivity contribution in [2.75, 3.05) is 24.5 Å². The summed E-state index contributed by atoms with van der Waals surface area (Å²) in [6.45, 7) is 8.56. The second-order valence-corrected chi connectivity index (χ2v) is 4.53. The Morgan fingerprint density at radius 3 is 2.86 bits per heavy atom. The van der Waals surface area contributed by atoms with Gasteiger partial charge in [0.2, 0.25) is 0 Å². The fourth-order valence-electron chi connectivity index (χ4n) is 1.74. The van der Waals surface area contributed by atoms with Crippen molar-refractivity contribution in [3.8, 4) is 0 Å². The van der Waals surface area contributed by atoms with E-state index in [0.29, 0.717) is 0 Å². The molecule has 0 bridgehead atoms. The Bertz CT molecular complexity index is 281. The molecular formula is C10H17N3S. The lowest BCUT2D eigenvalue weighted by atomic mass is 10.2. The van der Waals surface area contributed by atoms with Gasteiger partial charge in [0.1, 0.15) is 0 Å². The highest BCUT2D eigenvalue weighted by Gasteiger charge is 2.16. The lowest BCUT2D eigenvalue weighted by molar-refractivity contribution is 0.643. The summed E-state index contributed by atoms with van der Waals surface area (Å²) in [6, 6.07) is 0. The van der Waals surface area contributed by atoms with Gasteiger partial charge in [-0.25, -0.2) is 4.98 Å². The third kappa shape index (κ3) is 1.77. The molecule has 0 amide bonds. The molecule has 0 saturated carbocycles. The second-order valence-electron chi connectivity index (χ2n) is 3.47. The summed E-state index contributed by atoms with van der Waals surface area (Å²) < 4.78 is 0. The van der Waals surface area contributed by atoms with Gasteiger partial charge < -0.3 is 10.2 Å². The average molecular weight is 211 g/mol. The topological polar surface area (TPSA) is 28.2 Å². The second kappa shape index (κ2) is 4.28. The van der Waals surface area contributed by atoms with Gasteiger partial charge in [-0.05, 0) is 13.8 Å². The smallest absolute Gasteiger partial charge is 0.185 e. The van der Waals surface area contributed by atoms with Crippen LogP contribution in [0.1, 0.15) is 24.4 Å². The van der Waals surface area contributed by atoms with Gasteiger partial charge in [-0.15, -0.1) is 11.3 Å². The van der Waals surface area contributed by atoms with E-state index in [-0.39, 0.29) is 0 Å². The number of fused-ring (bicyclic) bond motifs is 1. The summed E-state index contributed by atoms with van der Waals surface area (Å²) in [5, 5.41) is 4.58. The van der Waals surface area contributed by atoms with Gasteiger partial charge in [-0.1, -0.05) is 0 Å². The third-order valence-corrected chi connectivity index (χ3v) is 3.78. The van der Waals surface area contributed by atoms with Crippen molar-refractivity contribution in [2.24, 2.45) is 0 Å². The molecular weight excluding hydrogens is 194 g/mol. The van der Waals surface area contributed by atoms with Gasteiger partial charge in [0.15, 0.2) is 5.13 Å². The first-order valence-corrected chi connectivity index (χ1v) is 6.11. The Morgan fingerprint density at radius 1 is 1.43 bits per heavy atom. The van der Waals surface area contributed by atoms with Crippen molar-refractivity contribution >= 4 is 16.5 Å². The zero-order chi connectivity index (χ0) is 9.97. The molecule has 1 aliphatic rings. The number of hydrogen-bond acceptors (Lipinski definition) is 4. The molecule has 0 radical (unpaired) electrons. The number of aromatic nitrogens is 1. The van der Waals surface area contributed by atoms with E-state index in [1.807, 2.05) is 11.3 Å². The lowest BCUT2D eigenvalue weighted by Crippen LogP contribution is -2.22. The summed E-state index contributed by atoms with van der Waals surface area (Å²) in [5.74, 6) is 0. The number of thiazole rings is 1. The third-order valence-electron chi connectivity index (χ3n) is 2.63. The van der Waals surface area contributed by atoms with Crippen molar-refractivity contribution in [3.63, 3.8) is 0 Å². The van der Waals surface area contributed by atoms with Gasteiger partial charge in [0.25, 0.3) is 0 Å². The maximum Gasteiger partial charge on any atom is 0.185 e. The van der Waals surface area contributed by atoms with Crippen LogP contribution in [-0.4, -0.2) is 24.6 Å². The van der Waals surface area contributed by atoms with Crippen LogP contribution in [0.3, 0.4) is 0 Å². The minimum Gasteiger partial charge on any atom is -0.349 e. The minimum absolute atomic E-state index is 1.01. The molecule has 78 valence electrons. The Hall–Kier alpha value is -0.610. The monoisotopic (exact) mass is 211 g/mol. The number of nitrogens with one attached hydrogen (secondary N) is 1. The number of rotatable bonds is 3. The van der Waals surface area contributed by atoms with E-state index < -0.39 is 0 Å². The predicted molar refractivity (Wildman–Crippen MR) is 61.1 cm³/mol. The maximum atomic E-state index is 4.70. The number of nitrogens with zero attached hydrogens (tertiary/aromatic N) is 2. The first-order chi connectivity index (χ1) is 6.85. The number of hydrogen-bond donors (Lipinski definition) is 1. The summed E-state index contributed by atoms with van der Waals surface area (Å²) in [5.41, 5.74) is 1.32. The van der Waals surface area contributed by atoms with E-state index in [4.69, 9.17) is 4.98 Å². The Morgan fingerprint density at radius 2 is 2.21 bits per heavy atom. The highest BCUT2D eigenvalue weighted by Crippen LogP contribution is 2.27. The maximum absolute atomic E-state index is 4.70. The van der Waals surface area contributed by atoms with E-state index >= 15 is 0 Å². The standard InChI is InChI=1S/C10H17N3S/c1-3-13(4-2)10-12-8-5-6-11-7-9(8)14-10/h11H,3-7H2,1-2H3. The van der Waals surface area contributed by atoms with Crippen molar-refractivity contribution in [1.82, 2.24) is 10.3 Å². The molecule has 4 heteroatoms. The van der Waals surface area contributed by atoms with Gasteiger partial charge in [-0.3, -0.25) is 0 Å². The van der Waals surface area contributed by atoms with Crippen LogP contribution in [0.4, 0.5) is 5.13 Å². The molecule has 0 aliphatic carbocycles. The molecule has 1 aromatic heterocycles.